The topological polar surface area (TPSA) is 112 Å². The van der Waals surface area contributed by atoms with E-state index in [1.165, 1.54) is 6.29 Å². The fourth-order valence-electron chi connectivity index (χ4n) is 0.424. The summed E-state index contributed by atoms with van der Waals surface area (Å²) in [7, 11) is 0. The minimum absolute atomic E-state index is 0. The molecule has 0 amide bonds. The van der Waals surface area contributed by atoms with Crippen LogP contribution in [0.2, 0.25) is 0 Å². The molecule has 1 fully saturated rings. The number of carbonyl (C=O) groups excluding carboxylic acids is 6. The van der Waals surface area contributed by atoms with Crippen LogP contribution >= 0.6 is 0 Å². The predicted molar refractivity (Wildman–Crippen MR) is 40.9 cm³/mol. The molecular weight excluding hydrogens is 564 g/mol. The fourth-order valence-corrected chi connectivity index (χ4v) is 0.424. The van der Waals surface area contributed by atoms with E-state index in [1.807, 2.05) is 0 Å². The predicted octanol–water partition coefficient (Wildman–Crippen LogP) is -2.28. The zero-order chi connectivity index (χ0) is 11.8. The molecule has 0 aromatic rings. The molecule has 4 radical (unpaired) electrons. The molecule has 1 rings (SSSR count). The molecule has 1 aliphatic heterocycles. The van der Waals surface area contributed by atoms with Gasteiger partial charge in [0.15, 0.2) is 0 Å². The van der Waals surface area contributed by atoms with Gasteiger partial charge in [-0.05, 0) is 0 Å². The van der Waals surface area contributed by atoms with Crippen LogP contribution in [-0.2, 0) is 164 Å². The number of hydrogen-bond donors (Lipinski definition) is 0. The molecule has 11 heteroatoms. The first-order chi connectivity index (χ1) is 7.10. The first-order valence-corrected chi connectivity index (χ1v) is 3.37. The van der Waals surface area contributed by atoms with Crippen LogP contribution in [0.4, 0.5) is 0 Å². The summed E-state index contributed by atoms with van der Waals surface area (Å²) in [6.07, 6.45) is 4.54. The van der Waals surface area contributed by atoms with Gasteiger partial charge >= 0.3 is 11.9 Å². The van der Waals surface area contributed by atoms with E-state index in [4.69, 9.17) is 0 Å². The van der Waals surface area contributed by atoms with E-state index >= 15 is 0 Å². The summed E-state index contributed by atoms with van der Waals surface area (Å²) in [5, 5.41) is 0. The summed E-state index contributed by atoms with van der Waals surface area (Å²) in [6.45, 7) is 0. The van der Waals surface area contributed by atoms with E-state index in [0.717, 1.165) is 18.9 Å². The van der Waals surface area contributed by atoms with Crippen LogP contribution in [0.1, 0.15) is 0 Å². The molecule has 0 bridgehead atoms. The quantitative estimate of drug-likeness (QED) is 0.215. The average molecular weight is 566 g/mol. The van der Waals surface area contributed by atoms with Crippen molar-refractivity contribution in [3.63, 3.8) is 0 Å². The molecule has 0 spiro atoms. The van der Waals surface area contributed by atoms with Gasteiger partial charge in [-0.25, -0.2) is 6.29 Å². The number of esters is 2. The molecule has 19 heavy (non-hydrogen) atoms. The van der Waals surface area contributed by atoms with E-state index < -0.39 is 23.8 Å². The maximum absolute atomic E-state index is 9.97. The Hall–Kier alpha value is 2.24. The van der Waals surface area contributed by atoms with E-state index in [1.54, 1.807) is 0 Å². The van der Waals surface area contributed by atoms with Gasteiger partial charge in [0.05, 0.1) is 5.92 Å². The van der Waals surface area contributed by atoms with Crippen LogP contribution in [0.25, 0.3) is 0 Å². The van der Waals surface area contributed by atoms with Crippen molar-refractivity contribution in [1.29, 1.82) is 0 Å². The number of rotatable bonds is 4. The molecule has 92 valence electrons. The normalized spacial score (nSPS) is 11.2. The van der Waals surface area contributed by atoms with Crippen molar-refractivity contribution >= 4 is 37.1 Å². The number of carbonyl (C=O) groups is 2. The second-order valence-corrected chi connectivity index (χ2v) is 2.08. The second-order valence-electron chi connectivity index (χ2n) is 2.08. The molecule has 1 saturated heterocycles. The maximum Gasteiger partial charge on any atom is 0.300 e. The van der Waals surface area contributed by atoms with Gasteiger partial charge in [0, 0.05) is 131 Å². The van der Waals surface area contributed by atoms with E-state index in [2.05, 4.69) is 4.74 Å². The number of ether oxygens (including phenoxy) is 1. The summed E-state index contributed by atoms with van der Waals surface area (Å²) in [4.78, 5) is 57.4. The third-order valence-electron chi connectivity index (χ3n) is 1.14. The van der Waals surface area contributed by atoms with Crippen molar-refractivity contribution < 1.29 is 164 Å². The van der Waals surface area contributed by atoms with Gasteiger partial charge in [-0.15, -0.1) is 0 Å². The van der Waals surface area contributed by atoms with Crippen LogP contribution in [-0.4, -0.2) is 37.1 Å². The summed E-state index contributed by atoms with van der Waals surface area (Å²) >= 11 is 0. The molecular formula is C8H2O7Y4-4. The molecule has 1 aliphatic rings. The standard InChI is InChI=1S/C4HO4.C4HO3.4Y/c5-1-2-3(6)8-4(2)7;5-1-4(2-6)3-7;;;;/h2H;4H;;;;/q-1;-3;;;;. The molecule has 0 aliphatic carbocycles. The summed E-state index contributed by atoms with van der Waals surface area (Å²) in [5.74, 6) is -4.29. The molecule has 0 saturated carbocycles. The zero-order valence-electron chi connectivity index (χ0n) is 9.32. The van der Waals surface area contributed by atoms with Crippen molar-refractivity contribution in [2.75, 3.05) is 0 Å². The summed E-state index contributed by atoms with van der Waals surface area (Å²) in [5.41, 5.74) is 0. The SMILES string of the molecule is O=[C-]C([C-]=O)[C-]=O.O=[C-]C1C(=O)OC1=O.[Y].[Y].[Y].[Y]. The Morgan fingerprint density at radius 1 is 0.789 bits per heavy atom. The van der Waals surface area contributed by atoms with Crippen molar-refractivity contribution in [2.45, 2.75) is 0 Å². The maximum atomic E-state index is 9.97. The Bertz CT molecular complexity index is 287. The summed E-state index contributed by atoms with van der Waals surface area (Å²) < 4.78 is 3.80. The number of cyclic esters (lactones) is 2. The molecule has 0 atom stereocenters. The smallest absolute Gasteiger partial charge is 0.300 e. The van der Waals surface area contributed by atoms with Gasteiger partial charge in [-0.3, -0.25) is 9.59 Å². The zero-order valence-corrected chi connectivity index (χ0v) is 20.7. The van der Waals surface area contributed by atoms with Crippen LogP contribution in [0, 0.1) is 11.8 Å². The third-order valence-corrected chi connectivity index (χ3v) is 1.14. The first-order valence-electron chi connectivity index (χ1n) is 3.37. The number of hydrogen-bond acceptors (Lipinski definition) is 7. The minimum atomic E-state index is -1.43. The van der Waals surface area contributed by atoms with Crippen LogP contribution < -0.4 is 0 Å². The van der Waals surface area contributed by atoms with Gasteiger partial charge in [-0.1, -0.05) is 0 Å². The average Bonchev–Trinajstić information content (AvgIpc) is 2.22. The molecule has 0 N–H and O–H groups in total. The van der Waals surface area contributed by atoms with Crippen molar-refractivity contribution in [3.05, 3.63) is 0 Å². The Kier molecular flexibility index (Phi) is 35.1. The minimum Gasteiger partial charge on any atom is -0.546 e. The van der Waals surface area contributed by atoms with Crippen molar-refractivity contribution in [2.24, 2.45) is 11.8 Å². The molecule has 0 aromatic heterocycles. The van der Waals surface area contributed by atoms with E-state index in [-0.39, 0.29) is 131 Å². The first kappa shape index (κ1) is 33.0. The van der Waals surface area contributed by atoms with Crippen molar-refractivity contribution in [3.8, 4) is 0 Å². The largest absolute Gasteiger partial charge is 0.546 e. The Balaban J connectivity index is -0.0000000573. The molecule has 0 unspecified atom stereocenters. The van der Waals surface area contributed by atoms with E-state index in [0.29, 0.717) is 0 Å². The third kappa shape index (κ3) is 13.6. The van der Waals surface area contributed by atoms with Gasteiger partial charge in [0.2, 0.25) is 0 Å². The van der Waals surface area contributed by atoms with Crippen LogP contribution in [0.5, 0.6) is 0 Å². The molecule has 7 nitrogen and oxygen atoms in total. The van der Waals surface area contributed by atoms with Gasteiger partial charge in [0.25, 0.3) is 0 Å². The van der Waals surface area contributed by atoms with Crippen LogP contribution in [0.15, 0.2) is 0 Å². The van der Waals surface area contributed by atoms with E-state index in [9.17, 15) is 28.8 Å². The van der Waals surface area contributed by atoms with Gasteiger partial charge < -0.3 is 48.7 Å². The molecule has 1 heterocycles. The second kappa shape index (κ2) is 20.2. The Labute approximate surface area is 209 Å². The molecule has 0 aromatic carbocycles. The van der Waals surface area contributed by atoms with Gasteiger partial charge in [-0.2, -0.15) is 0 Å². The van der Waals surface area contributed by atoms with Crippen molar-refractivity contribution in [1.82, 2.24) is 0 Å². The Morgan fingerprint density at radius 2 is 1.11 bits per heavy atom. The van der Waals surface area contributed by atoms with Crippen LogP contribution in [0.3, 0.4) is 0 Å². The van der Waals surface area contributed by atoms with Gasteiger partial charge in [0.1, 0.15) is 0 Å². The Morgan fingerprint density at radius 3 is 1.16 bits per heavy atom. The summed E-state index contributed by atoms with van der Waals surface area (Å²) in [6, 6.07) is 0. The monoisotopic (exact) mass is 566 g/mol. The fraction of sp³-hybridized carbons (Fsp3) is 0.250.